The van der Waals surface area contributed by atoms with Crippen molar-refractivity contribution in [1.29, 1.82) is 0 Å². The summed E-state index contributed by atoms with van der Waals surface area (Å²) in [4.78, 5) is 23.0. The Labute approximate surface area is 145 Å². The summed E-state index contributed by atoms with van der Waals surface area (Å²) in [5, 5.41) is 2.75. The first kappa shape index (κ1) is 20.2. The van der Waals surface area contributed by atoms with Crippen molar-refractivity contribution in [3.05, 3.63) is 29.8 Å². The predicted molar refractivity (Wildman–Crippen MR) is 97.6 cm³/mol. The summed E-state index contributed by atoms with van der Waals surface area (Å²) in [5.74, 6) is 0.120. The number of hydrogen-bond donors (Lipinski definition) is 1. The van der Waals surface area contributed by atoms with Crippen molar-refractivity contribution in [2.24, 2.45) is 0 Å². The van der Waals surface area contributed by atoms with E-state index < -0.39 is 20.3 Å². The molecule has 1 atom stereocenters. The number of hydrogen-bond acceptors (Lipinski definition) is 4. The van der Waals surface area contributed by atoms with Gasteiger partial charge in [-0.25, -0.2) is 4.79 Å². The molecule has 24 heavy (non-hydrogen) atoms. The number of methoxy groups -OCH3 is 1. The minimum Gasteiger partial charge on any atom is -0.544 e. The zero-order valence-electron chi connectivity index (χ0n) is 15.7. The number of ether oxygens (including phenoxy) is 1. The minimum absolute atomic E-state index is 0.132. The molecule has 1 rings (SSSR count). The number of rotatable bonds is 6. The van der Waals surface area contributed by atoms with Crippen LogP contribution in [0.5, 0.6) is 5.75 Å². The molecule has 0 fully saturated rings. The van der Waals surface area contributed by atoms with Crippen LogP contribution in [0.15, 0.2) is 24.3 Å². The Morgan fingerprint density at radius 3 is 2.12 bits per heavy atom. The summed E-state index contributed by atoms with van der Waals surface area (Å²) >= 11 is 0. The smallest absolute Gasteiger partial charge is 0.328 e. The summed E-state index contributed by atoms with van der Waals surface area (Å²) in [7, 11) is -0.559. The highest BCUT2D eigenvalue weighted by Gasteiger charge is 2.38. The maximum atomic E-state index is 11.8. The van der Waals surface area contributed by atoms with Crippen molar-refractivity contribution in [2.45, 2.75) is 58.3 Å². The van der Waals surface area contributed by atoms with E-state index in [-0.39, 0.29) is 10.9 Å². The van der Waals surface area contributed by atoms with Crippen molar-refractivity contribution >= 4 is 20.2 Å². The first-order valence-corrected chi connectivity index (χ1v) is 11.0. The monoisotopic (exact) mass is 351 g/mol. The average molecular weight is 352 g/mol. The number of carbonyl (C=O) groups is 2. The zero-order valence-corrected chi connectivity index (χ0v) is 16.7. The number of nitrogens with one attached hydrogen (secondary N) is 1. The Kier molecular flexibility index (Phi) is 6.60. The molecule has 6 heteroatoms. The maximum absolute atomic E-state index is 11.8. The highest BCUT2D eigenvalue weighted by Crippen LogP contribution is 2.37. The molecule has 0 saturated heterocycles. The summed E-state index contributed by atoms with van der Waals surface area (Å²) in [6, 6.07) is 6.98. The van der Waals surface area contributed by atoms with Gasteiger partial charge in [0, 0.05) is 13.3 Å². The molecule has 0 aliphatic heterocycles. The SMILES string of the molecule is COC(=O)[C@@H](Cc1ccc(O[Si](C)(C)C(C)(C)C)cc1)NC(C)=O. The van der Waals surface area contributed by atoms with Crippen LogP contribution < -0.4 is 9.74 Å². The second-order valence-corrected chi connectivity index (χ2v) is 12.2. The Morgan fingerprint density at radius 1 is 1.17 bits per heavy atom. The van der Waals surface area contributed by atoms with Gasteiger partial charge in [-0.3, -0.25) is 4.79 Å². The number of carbonyl (C=O) groups excluding carboxylic acids is 2. The largest absolute Gasteiger partial charge is 0.544 e. The van der Waals surface area contributed by atoms with Gasteiger partial charge in [-0.2, -0.15) is 0 Å². The van der Waals surface area contributed by atoms with Gasteiger partial charge in [0.05, 0.1) is 7.11 Å². The average Bonchev–Trinajstić information content (AvgIpc) is 2.45. The molecule has 0 bridgehead atoms. The molecule has 1 aromatic carbocycles. The fraction of sp³-hybridized carbons (Fsp3) is 0.556. The Hall–Kier alpha value is -1.82. The molecule has 0 unspecified atom stereocenters. The third kappa shape index (κ3) is 5.67. The molecular weight excluding hydrogens is 322 g/mol. The Balaban J connectivity index is 2.83. The van der Waals surface area contributed by atoms with E-state index in [0.717, 1.165) is 11.3 Å². The summed E-state index contributed by atoms with van der Waals surface area (Å²) in [6.07, 6.45) is 0.382. The third-order valence-corrected chi connectivity index (χ3v) is 8.76. The van der Waals surface area contributed by atoms with Gasteiger partial charge in [-0.05, 0) is 35.8 Å². The lowest BCUT2D eigenvalue weighted by atomic mass is 10.1. The van der Waals surface area contributed by atoms with Gasteiger partial charge in [0.1, 0.15) is 11.8 Å². The molecule has 0 radical (unpaired) electrons. The summed E-state index contributed by atoms with van der Waals surface area (Å²) in [6.45, 7) is 12.4. The molecule has 0 spiro atoms. The van der Waals surface area contributed by atoms with Crippen LogP contribution in [-0.4, -0.2) is 33.3 Å². The molecule has 0 heterocycles. The minimum atomic E-state index is -1.87. The second kappa shape index (κ2) is 7.83. The van der Waals surface area contributed by atoms with E-state index in [9.17, 15) is 9.59 Å². The van der Waals surface area contributed by atoms with Gasteiger partial charge in [0.25, 0.3) is 0 Å². The van der Waals surface area contributed by atoms with Crippen molar-refractivity contribution in [2.75, 3.05) is 7.11 Å². The van der Waals surface area contributed by atoms with Crippen LogP contribution in [0.3, 0.4) is 0 Å². The molecule has 0 saturated carbocycles. The van der Waals surface area contributed by atoms with Gasteiger partial charge in [-0.15, -0.1) is 0 Å². The number of esters is 1. The van der Waals surface area contributed by atoms with E-state index in [2.05, 4.69) is 39.2 Å². The van der Waals surface area contributed by atoms with Crippen LogP contribution in [-0.2, 0) is 20.7 Å². The number of benzene rings is 1. The fourth-order valence-electron chi connectivity index (χ4n) is 1.96. The fourth-order valence-corrected chi connectivity index (χ4v) is 2.99. The highest BCUT2D eigenvalue weighted by atomic mass is 28.4. The Morgan fingerprint density at radius 2 is 1.71 bits per heavy atom. The topological polar surface area (TPSA) is 64.6 Å². The van der Waals surface area contributed by atoms with Gasteiger partial charge in [0.2, 0.25) is 14.2 Å². The molecule has 134 valence electrons. The van der Waals surface area contributed by atoms with Gasteiger partial charge < -0.3 is 14.5 Å². The molecule has 1 aromatic rings. The van der Waals surface area contributed by atoms with Crippen molar-refractivity contribution in [3.63, 3.8) is 0 Å². The van der Waals surface area contributed by atoms with Crippen molar-refractivity contribution in [3.8, 4) is 5.75 Å². The van der Waals surface area contributed by atoms with Gasteiger partial charge in [0.15, 0.2) is 0 Å². The second-order valence-electron chi connectivity index (χ2n) is 7.49. The van der Waals surface area contributed by atoms with E-state index in [1.165, 1.54) is 14.0 Å². The summed E-state index contributed by atoms with van der Waals surface area (Å²) < 4.78 is 11.0. The molecule has 5 nitrogen and oxygen atoms in total. The van der Waals surface area contributed by atoms with E-state index in [4.69, 9.17) is 9.16 Å². The highest BCUT2D eigenvalue weighted by molar-refractivity contribution is 6.74. The maximum Gasteiger partial charge on any atom is 0.328 e. The first-order valence-electron chi connectivity index (χ1n) is 8.09. The van der Waals surface area contributed by atoms with Crippen LogP contribution in [0.1, 0.15) is 33.3 Å². The lowest BCUT2D eigenvalue weighted by Gasteiger charge is -2.36. The Bertz CT molecular complexity index is 576. The van der Waals surface area contributed by atoms with Crippen molar-refractivity contribution in [1.82, 2.24) is 5.32 Å². The zero-order chi connectivity index (χ0) is 18.5. The lowest BCUT2D eigenvalue weighted by molar-refractivity contribution is -0.144. The molecule has 0 aliphatic rings. The number of amides is 1. The van der Waals surface area contributed by atoms with E-state index in [1.807, 2.05) is 24.3 Å². The van der Waals surface area contributed by atoms with Crippen LogP contribution in [0.2, 0.25) is 18.1 Å². The van der Waals surface area contributed by atoms with Gasteiger partial charge in [-0.1, -0.05) is 32.9 Å². The normalized spacial score (nSPS) is 13.1. The molecule has 1 N–H and O–H groups in total. The summed E-state index contributed by atoms with van der Waals surface area (Å²) in [5.41, 5.74) is 0.932. The lowest BCUT2D eigenvalue weighted by Crippen LogP contribution is -2.43. The van der Waals surface area contributed by atoms with Crippen LogP contribution in [0.4, 0.5) is 0 Å². The van der Waals surface area contributed by atoms with Crippen molar-refractivity contribution < 1.29 is 18.8 Å². The molecule has 0 aromatic heterocycles. The first-order chi connectivity index (χ1) is 11.0. The van der Waals surface area contributed by atoms with E-state index in [0.29, 0.717) is 6.42 Å². The predicted octanol–water partition coefficient (Wildman–Crippen LogP) is 3.29. The molecule has 1 amide bonds. The van der Waals surface area contributed by atoms with E-state index in [1.54, 1.807) is 0 Å². The standard InChI is InChI=1S/C18H29NO4Si/c1-13(20)19-16(17(21)22-5)12-14-8-10-15(11-9-14)23-24(6,7)18(2,3)4/h8-11,16H,12H2,1-7H3,(H,19,20)/t16-/m1/s1. The molecule has 0 aliphatic carbocycles. The van der Waals surface area contributed by atoms with Gasteiger partial charge >= 0.3 is 5.97 Å². The van der Waals surface area contributed by atoms with E-state index >= 15 is 0 Å². The van der Waals surface area contributed by atoms with Crippen LogP contribution >= 0.6 is 0 Å². The van der Waals surface area contributed by atoms with Crippen LogP contribution in [0, 0.1) is 0 Å². The van der Waals surface area contributed by atoms with Crippen LogP contribution in [0.25, 0.3) is 0 Å². The quantitative estimate of drug-likeness (QED) is 0.631. The third-order valence-electron chi connectivity index (χ3n) is 4.41. The molecular formula is C18H29NO4Si.